The second kappa shape index (κ2) is 9.22. The largest absolute Gasteiger partial charge is 0.329 e. The lowest BCUT2D eigenvalue weighted by Gasteiger charge is -2.37. The van der Waals surface area contributed by atoms with Crippen LogP contribution in [-0.4, -0.2) is 42.1 Å². The van der Waals surface area contributed by atoms with Crippen molar-refractivity contribution in [1.29, 1.82) is 0 Å². The maximum Gasteiger partial charge on any atom is 0.0221 e. The molecule has 1 saturated carbocycles. The van der Waals surface area contributed by atoms with Crippen molar-refractivity contribution in [3.63, 3.8) is 0 Å². The first kappa shape index (κ1) is 16.3. The maximum atomic E-state index is 6.05. The number of rotatable bonds is 9. The molecule has 1 atom stereocenters. The Morgan fingerprint density at radius 2 is 1.94 bits per heavy atom. The van der Waals surface area contributed by atoms with E-state index in [2.05, 4.69) is 25.0 Å². The highest BCUT2D eigenvalue weighted by molar-refractivity contribution is 7.98. The van der Waals surface area contributed by atoms with E-state index in [4.69, 9.17) is 5.73 Å². The standard InChI is InChI=1S/C15H32N2S/c1-13(2)12-17(14-7-4-5-8-14)15(11-16)9-6-10-18-3/h13-15H,4-12,16H2,1-3H3. The molecule has 3 heteroatoms. The minimum Gasteiger partial charge on any atom is -0.329 e. The van der Waals surface area contributed by atoms with Crippen molar-refractivity contribution in [2.45, 2.75) is 64.5 Å². The summed E-state index contributed by atoms with van der Waals surface area (Å²) in [5.41, 5.74) is 6.05. The summed E-state index contributed by atoms with van der Waals surface area (Å²) >= 11 is 1.95. The molecular formula is C15H32N2S. The molecule has 0 spiro atoms. The molecule has 0 amide bonds. The third-order valence-corrected chi connectivity index (χ3v) is 4.69. The molecule has 1 aliphatic rings. The summed E-state index contributed by atoms with van der Waals surface area (Å²) in [5.74, 6) is 2.02. The highest BCUT2D eigenvalue weighted by atomic mass is 32.2. The van der Waals surface area contributed by atoms with Crippen LogP contribution in [0, 0.1) is 5.92 Å². The van der Waals surface area contributed by atoms with Crippen molar-refractivity contribution < 1.29 is 0 Å². The molecule has 0 aliphatic heterocycles. The van der Waals surface area contributed by atoms with Gasteiger partial charge < -0.3 is 5.73 Å². The Morgan fingerprint density at radius 1 is 1.28 bits per heavy atom. The van der Waals surface area contributed by atoms with E-state index in [-0.39, 0.29) is 0 Å². The highest BCUT2D eigenvalue weighted by Gasteiger charge is 2.28. The van der Waals surface area contributed by atoms with Crippen molar-refractivity contribution in [2.24, 2.45) is 11.7 Å². The lowest BCUT2D eigenvalue weighted by molar-refractivity contribution is 0.115. The third kappa shape index (κ3) is 5.50. The summed E-state index contributed by atoms with van der Waals surface area (Å²) in [6.45, 7) is 6.72. The molecule has 0 bridgehead atoms. The predicted molar refractivity (Wildman–Crippen MR) is 84.3 cm³/mol. The molecule has 18 heavy (non-hydrogen) atoms. The fourth-order valence-electron chi connectivity index (χ4n) is 3.14. The van der Waals surface area contributed by atoms with Gasteiger partial charge in [-0.15, -0.1) is 0 Å². The van der Waals surface area contributed by atoms with Gasteiger partial charge in [0.15, 0.2) is 0 Å². The zero-order valence-corrected chi connectivity index (χ0v) is 13.3. The van der Waals surface area contributed by atoms with E-state index in [1.54, 1.807) is 0 Å². The quantitative estimate of drug-likeness (QED) is 0.653. The number of nitrogens with zero attached hydrogens (tertiary/aromatic N) is 1. The smallest absolute Gasteiger partial charge is 0.0221 e. The minimum atomic E-state index is 0.614. The average molecular weight is 273 g/mol. The maximum absolute atomic E-state index is 6.05. The summed E-state index contributed by atoms with van der Waals surface area (Å²) in [4.78, 5) is 2.75. The summed E-state index contributed by atoms with van der Waals surface area (Å²) in [6.07, 6.45) is 10.4. The van der Waals surface area contributed by atoms with Crippen molar-refractivity contribution in [3.05, 3.63) is 0 Å². The van der Waals surface area contributed by atoms with Crippen LogP contribution >= 0.6 is 11.8 Å². The number of nitrogens with two attached hydrogens (primary N) is 1. The monoisotopic (exact) mass is 272 g/mol. The lowest BCUT2D eigenvalue weighted by atomic mass is 10.0. The van der Waals surface area contributed by atoms with Crippen molar-refractivity contribution in [3.8, 4) is 0 Å². The van der Waals surface area contributed by atoms with Crippen molar-refractivity contribution in [2.75, 3.05) is 25.1 Å². The van der Waals surface area contributed by atoms with Gasteiger partial charge >= 0.3 is 0 Å². The molecule has 0 heterocycles. The van der Waals surface area contributed by atoms with Crippen LogP contribution < -0.4 is 5.73 Å². The normalized spacial score (nSPS) is 19.0. The van der Waals surface area contributed by atoms with Crippen LogP contribution in [0.3, 0.4) is 0 Å². The van der Waals surface area contributed by atoms with Crippen molar-refractivity contribution in [1.82, 2.24) is 4.90 Å². The summed E-state index contributed by atoms with van der Waals surface area (Å²) in [6, 6.07) is 1.43. The molecular weight excluding hydrogens is 240 g/mol. The van der Waals surface area contributed by atoms with Crippen molar-refractivity contribution >= 4 is 11.8 Å². The number of hydrogen-bond donors (Lipinski definition) is 1. The molecule has 2 nitrogen and oxygen atoms in total. The summed E-state index contributed by atoms with van der Waals surface area (Å²) in [5, 5.41) is 0. The fraction of sp³-hybridized carbons (Fsp3) is 1.00. The molecule has 0 aromatic rings. The third-order valence-electron chi connectivity index (χ3n) is 4.00. The molecule has 0 aromatic heterocycles. The first-order valence-electron chi connectivity index (χ1n) is 7.63. The van der Waals surface area contributed by atoms with E-state index in [0.29, 0.717) is 6.04 Å². The Labute approximate surface area is 118 Å². The Kier molecular flexibility index (Phi) is 8.36. The first-order valence-corrected chi connectivity index (χ1v) is 9.03. The molecule has 1 rings (SSSR count). The fourth-order valence-corrected chi connectivity index (χ4v) is 3.59. The van der Waals surface area contributed by atoms with Gasteiger partial charge in [-0.1, -0.05) is 26.7 Å². The zero-order valence-electron chi connectivity index (χ0n) is 12.5. The van der Waals surface area contributed by atoms with Crippen LogP contribution in [0.5, 0.6) is 0 Å². The molecule has 1 fully saturated rings. The van der Waals surface area contributed by atoms with Gasteiger partial charge in [-0.05, 0) is 43.6 Å². The van der Waals surface area contributed by atoms with Crippen LogP contribution in [0.2, 0.25) is 0 Å². The summed E-state index contributed by atoms with van der Waals surface area (Å²) < 4.78 is 0. The lowest BCUT2D eigenvalue weighted by Crippen LogP contribution is -2.47. The Bertz CT molecular complexity index is 203. The average Bonchev–Trinajstić information content (AvgIpc) is 2.86. The van der Waals surface area contributed by atoms with Gasteiger partial charge in [0.1, 0.15) is 0 Å². The number of thioether (sulfide) groups is 1. The molecule has 2 N–H and O–H groups in total. The Balaban J connectivity index is 2.53. The second-order valence-electron chi connectivity index (χ2n) is 6.05. The highest BCUT2D eigenvalue weighted by Crippen LogP contribution is 2.27. The van der Waals surface area contributed by atoms with Gasteiger partial charge in [0.25, 0.3) is 0 Å². The predicted octanol–water partition coefficient (Wildman–Crippen LogP) is 3.36. The van der Waals surface area contributed by atoms with Gasteiger partial charge in [0.2, 0.25) is 0 Å². The second-order valence-corrected chi connectivity index (χ2v) is 7.04. The minimum absolute atomic E-state index is 0.614. The van der Waals surface area contributed by atoms with Crippen LogP contribution in [0.25, 0.3) is 0 Å². The van der Waals surface area contributed by atoms with Gasteiger partial charge in [-0.25, -0.2) is 0 Å². The Morgan fingerprint density at radius 3 is 2.44 bits per heavy atom. The van der Waals surface area contributed by atoms with E-state index in [9.17, 15) is 0 Å². The molecule has 108 valence electrons. The van der Waals surface area contributed by atoms with Crippen LogP contribution in [0.15, 0.2) is 0 Å². The van der Waals surface area contributed by atoms with Gasteiger partial charge in [0, 0.05) is 25.2 Å². The van der Waals surface area contributed by atoms with Crippen LogP contribution in [0.1, 0.15) is 52.4 Å². The first-order chi connectivity index (χ1) is 8.69. The van der Waals surface area contributed by atoms with E-state index in [1.807, 2.05) is 11.8 Å². The van der Waals surface area contributed by atoms with E-state index in [1.165, 1.54) is 50.8 Å². The van der Waals surface area contributed by atoms with E-state index in [0.717, 1.165) is 18.5 Å². The molecule has 0 saturated heterocycles. The molecule has 1 aliphatic carbocycles. The van der Waals surface area contributed by atoms with Gasteiger partial charge in [-0.3, -0.25) is 4.90 Å². The Hall–Kier alpha value is 0.270. The van der Waals surface area contributed by atoms with E-state index >= 15 is 0 Å². The SMILES string of the molecule is CSCCCC(CN)N(CC(C)C)C1CCCC1. The van der Waals surface area contributed by atoms with Crippen LogP contribution in [-0.2, 0) is 0 Å². The molecule has 0 aromatic carbocycles. The molecule has 1 unspecified atom stereocenters. The van der Waals surface area contributed by atoms with E-state index < -0.39 is 0 Å². The summed E-state index contributed by atoms with van der Waals surface area (Å²) in [7, 11) is 0. The topological polar surface area (TPSA) is 29.3 Å². The van der Waals surface area contributed by atoms with Gasteiger partial charge in [-0.2, -0.15) is 11.8 Å². The zero-order chi connectivity index (χ0) is 13.4. The van der Waals surface area contributed by atoms with Crippen LogP contribution in [0.4, 0.5) is 0 Å². The van der Waals surface area contributed by atoms with Gasteiger partial charge in [0.05, 0.1) is 0 Å². The number of hydrogen-bond acceptors (Lipinski definition) is 3. The molecule has 0 radical (unpaired) electrons.